The normalized spacial score (nSPS) is 11.4. The number of fused-ring (bicyclic) bond motifs is 1. The number of aromatic nitrogens is 4. The van der Waals surface area contributed by atoms with Gasteiger partial charge in [-0.25, -0.2) is 4.98 Å². The summed E-state index contributed by atoms with van der Waals surface area (Å²) >= 11 is 2.80. The number of hydrogen-bond donors (Lipinski definition) is 0. The largest absolute Gasteiger partial charge is 0.418 e. The molecular formula is C23H25N5O3S2. The second kappa shape index (κ2) is 10.3. The van der Waals surface area contributed by atoms with Gasteiger partial charge in [-0.15, -0.1) is 21.5 Å². The van der Waals surface area contributed by atoms with Gasteiger partial charge in [-0.05, 0) is 43.8 Å². The van der Waals surface area contributed by atoms with Crippen LogP contribution in [0, 0.1) is 0 Å². The topological polar surface area (TPSA) is 94.1 Å². The minimum absolute atomic E-state index is 0.0737. The number of thioether (sulfide) groups is 1. The number of amides is 1. The van der Waals surface area contributed by atoms with Gasteiger partial charge >= 0.3 is 0 Å². The van der Waals surface area contributed by atoms with Crippen molar-refractivity contribution in [2.75, 3.05) is 12.3 Å². The van der Waals surface area contributed by atoms with Crippen LogP contribution in [0.5, 0.6) is 0 Å². The van der Waals surface area contributed by atoms with Crippen molar-refractivity contribution in [1.82, 2.24) is 24.6 Å². The molecule has 0 bridgehead atoms. The summed E-state index contributed by atoms with van der Waals surface area (Å²) in [5.74, 6) is 0.937. The van der Waals surface area contributed by atoms with E-state index >= 15 is 0 Å². The highest BCUT2D eigenvalue weighted by atomic mass is 32.2. The van der Waals surface area contributed by atoms with E-state index in [-0.39, 0.29) is 29.8 Å². The molecule has 0 N–H and O–H groups in total. The molecule has 0 unspecified atom stereocenters. The fourth-order valence-corrected chi connectivity index (χ4v) is 5.12. The summed E-state index contributed by atoms with van der Waals surface area (Å²) in [6, 6.07) is 11.0. The Hall–Kier alpha value is -2.98. The molecule has 0 saturated heterocycles. The van der Waals surface area contributed by atoms with E-state index in [9.17, 15) is 9.59 Å². The van der Waals surface area contributed by atoms with Gasteiger partial charge in [-0.2, -0.15) is 0 Å². The van der Waals surface area contributed by atoms with Crippen molar-refractivity contribution < 1.29 is 9.21 Å². The van der Waals surface area contributed by atoms with Crippen molar-refractivity contribution in [3.8, 4) is 10.8 Å². The molecule has 0 saturated carbocycles. The van der Waals surface area contributed by atoms with Gasteiger partial charge in [0.2, 0.25) is 11.8 Å². The molecule has 0 radical (unpaired) electrons. The van der Waals surface area contributed by atoms with Crippen molar-refractivity contribution in [3.63, 3.8) is 0 Å². The first-order valence-electron chi connectivity index (χ1n) is 10.8. The van der Waals surface area contributed by atoms with Crippen LogP contribution >= 0.6 is 23.1 Å². The molecular weight excluding hydrogens is 458 g/mol. The lowest BCUT2D eigenvalue weighted by atomic mass is 10.2. The summed E-state index contributed by atoms with van der Waals surface area (Å²) in [7, 11) is 0. The van der Waals surface area contributed by atoms with E-state index in [4.69, 9.17) is 4.42 Å². The molecule has 33 heavy (non-hydrogen) atoms. The first kappa shape index (κ1) is 23.2. The third-order valence-electron chi connectivity index (χ3n) is 4.99. The van der Waals surface area contributed by atoms with Crippen LogP contribution in [-0.4, -0.2) is 42.9 Å². The Bertz CT molecular complexity index is 1300. The summed E-state index contributed by atoms with van der Waals surface area (Å²) in [4.78, 5) is 33.3. The van der Waals surface area contributed by atoms with E-state index in [1.54, 1.807) is 15.5 Å². The predicted molar refractivity (Wildman–Crippen MR) is 130 cm³/mol. The molecule has 0 fully saturated rings. The molecule has 0 atom stereocenters. The summed E-state index contributed by atoms with van der Waals surface area (Å²) in [5.41, 5.74) is 0.537. The standard InChI is InChI=1S/C23H25N5O3S2/c1-4-11-27(13-19-25-26-21(31-19)18-10-7-12-32-18)20(29)14-33-23-24-17-9-6-5-8-16(17)22(30)28(23)15(2)3/h5-10,12,15H,4,11,13-14H2,1-3H3. The van der Waals surface area contributed by atoms with Gasteiger partial charge in [0.15, 0.2) is 5.16 Å². The van der Waals surface area contributed by atoms with Gasteiger partial charge < -0.3 is 9.32 Å². The molecule has 1 aromatic carbocycles. The number of thiophene rings is 1. The first-order chi connectivity index (χ1) is 16.0. The number of benzene rings is 1. The van der Waals surface area contributed by atoms with E-state index < -0.39 is 0 Å². The number of rotatable bonds is 9. The zero-order valence-electron chi connectivity index (χ0n) is 18.7. The predicted octanol–water partition coefficient (Wildman–Crippen LogP) is 4.62. The fraction of sp³-hybridized carbons (Fsp3) is 0.348. The third-order valence-corrected chi connectivity index (χ3v) is 6.78. The van der Waals surface area contributed by atoms with Crippen molar-refractivity contribution >= 4 is 39.9 Å². The highest BCUT2D eigenvalue weighted by Crippen LogP contribution is 2.24. The van der Waals surface area contributed by atoms with Gasteiger partial charge in [-0.1, -0.05) is 36.9 Å². The Labute approximate surface area is 199 Å². The summed E-state index contributed by atoms with van der Waals surface area (Å²) in [6.45, 7) is 6.70. The second-order valence-electron chi connectivity index (χ2n) is 7.76. The number of hydrogen-bond acceptors (Lipinski definition) is 8. The molecule has 3 aromatic heterocycles. The van der Waals surface area contributed by atoms with Crippen molar-refractivity contribution in [2.24, 2.45) is 0 Å². The van der Waals surface area contributed by atoms with Crippen LogP contribution < -0.4 is 5.56 Å². The van der Waals surface area contributed by atoms with Crippen molar-refractivity contribution in [1.29, 1.82) is 0 Å². The number of carbonyl (C=O) groups excluding carboxylic acids is 1. The number of para-hydroxylation sites is 1. The van der Waals surface area contributed by atoms with Crippen LogP contribution in [-0.2, 0) is 11.3 Å². The maximum absolute atomic E-state index is 13.1. The molecule has 4 aromatic rings. The summed E-state index contributed by atoms with van der Waals surface area (Å²) < 4.78 is 7.41. The Morgan fingerprint density at radius 1 is 1.21 bits per heavy atom. The highest BCUT2D eigenvalue weighted by Gasteiger charge is 2.20. The van der Waals surface area contributed by atoms with E-state index in [0.717, 1.165) is 11.3 Å². The molecule has 0 aliphatic rings. The lowest BCUT2D eigenvalue weighted by molar-refractivity contribution is -0.129. The molecule has 0 spiro atoms. The van der Waals surface area contributed by atoms with Crippen LogP contribution in [0.4, 0.5) is 0 Å². The zero-order chi connectivity index (χ0) is 23.4. The van der Waals surface area contributed by atoms with Gasteiger partial charge in [0.25, 0.3) is 11.4 Å². The minimum atomic E-state index is -0.0945. The Morgan fingerprint density at radius 2 is 2.03 bits per heavy atom. The summed E-state index contributed by atoms with van der Waals surface area (Å²) in [6.07, 6.45) is 0.799. The van der Waals surface area contributed by atoms with Crippen molar-refractivity contribution in [2.45, 2.75) is 44.9 Å². The maximum atomic E-state index is 13.1. The summed E-state index contributed by atoms with van der Waals surface area (Å²) in [5, 5.41) is 11.3. The average molecular weight is 484 g/mol. The van der Waals surface area contributed by atoms with Crippen molar-refractivity contribution in [3.05, 3.63) is 58.0 Å². The SMILES string of the molecule is CCCN(Cc1nnc(-c2cccs2)o1)C(=O)CSc1nc2ccccc2c(=O)n1C(C)C. The first-order valence-corrected chi connectivity index (χ1v) is 12.6. The molecule has 10 heteroatoms. The van der Waals surface area contributed by atoms with Crippen LogP contribution in [0.15, 0.2) is 56.1 Å². The molecule has 0 aliphatic heterocycles. The van der Waals surface area contributed by atoms with Gasteiger partial charge in [-0.3, -0.25) is 14.2 Å². The third kappa shape index (κ3) is 5.17. The lowest BCUT2D eigenvalue weighted by Crippen LogP contribution is -2.33. The van der Waals surface area contributed by atoms with Crippen LogP contribution in [0.25, 0.3) is 21.7 Å². The number of carbonyl (C=O) groups is 1. The average Bonchev–Trinajstić information content (AvgIpc) is 3.49. The van der Waals surface area contributed by atoms with E-state index in [1.807, 2.05) is 56.5 Å². The van der Waals surface area contributed by atoms with E-state index in [1.165, 1.54) is 23.1 Å². The number of nitrogens with zero attached hydrogens (tertiary/aromatic N) is 5. The van der Waals surface area contributed by atoms with E-state index in [0.29, 0.717) is 34.4 Å². The Kier molecular flexibility index (Phi) is 7.24. The maximum Gasteiger partial charge on any atom is 0.262 e. The molecule has 8 nitrogen and oxygen atoms in total. The van der Waals surface area contributed by atoms with Crippen LogP contribution in [0.1, 0.15) is 39.1 Å². The van der Waals surface area contributed by atoms with Gasteiger partial charge in [0, 0.05) is 12.6 Å². The smallest absolute Gasteiger partial charge is 0.262 e. The van der Waals surface area contributed by atoms with Gasteiger partial charge in [0.05, 0.1) is 28.1 Å². The zero-order valence-corrected chi connectivity index (χ0v) is 20.4. The molecule has 3 heterocycles. The van der Waals surface area contributed by atoms with E-state index in [2.05, 4.69) is 15.2 Å². The fourth-order valence-electron chi connectivity index (χ4n) is 3.44. The minimum Gasteiger partial charge on any atom is -0.418 e. The van der Waals surface area contributed by atoms with Crippen LogP contribution in [0.3, 0.4) is 0 Å². The van der Waals surface area contributed by atoms with Crippen LogP contribution in [0.2, 0.25) is 0 Å². The van der Waals surface area contributed by atoms with Gasteiger partial charge in [0.1, 0.15) is 0 Å². The highest BCUT2D eigenvalue weighted by molar-refractivity contribution is 7.99. The lowest BCUT2D eigenvalue weighted by Gasteiger charge is -2.21. The quantitative estimate of drug-likeness (QED) is 0.253. The molecule has 0 aliphatic carbocycles. The molecule has 4 rings (SSSR count). The molecule has 172 valence electrons. The Morgan fingerprint density at radius 3 is 2.76 bits per heavy atom. The second-order valence-corrected chi connectivity index (χ2v) is 9.65. The Balaban J connectivity index is 1.51. The molecule has 1 amide bonds. The monoisotopic (exact) mass is 483 g/mol.